The van der Waals surface area contributed by atoms with E-state index in [4.69, 9.17) is 0 Å². The molecule has 1 aliphatic heterocycles. The molecule has 0 radical (unpaired) electrons. The van der Waals surface area contributed by atoms with E-state index in [0.29, 0.717) is 11.7 Å². The number of nitrogens with zero attached hydrogens (tertiary/aromatic N) is 1. The Morgan fingerprint density at radius 2 is 1.90 bits per heavy atom. The van der Waals surface area contributed by atoms with Gasteiger partial charge in [0.05, 0.1) is 18.2 Å². The third-order valence-corrected chi connectivity index (χ3v) is 4.82. The van der Waals surface area contributed by atoms with Gasteiger partial charge in [0.2, 0.25) is 5.91 Å². The zero-order valence-electron chi connectivity index (χ0n) is 12.6. The van der Waals surface area contributed by atoms with E-state index in [1.54, 1.807) is 12.1 Å². The molecule has 2 fully saturated rings. The number of hydrogen-bond acceptors (Lipinski definition) is 3. The lowest BCUT2D eigenvalue weighted by molar-refractivity contribution is -0.121. The standard InChI is InChI=1S/C17H22N2O2/c1-17(2)10-6-9-14(17)18-13-11-15(20)19(16(13)21)12-7-4-3-5-8-12/h3-5,7-8,13-14,18H,6,9-11H2,1-2H3. The van der Waals surface area contributed by atoms with Gasteiger partial charge in [-0.3, -0.25) is 9.59 Å². The molecule has 2 atom stereocenters. The molecule has 1 heterocycles. The Morgan fingerprint density at radius 3 is 2.52 bits per heavy atom. The van der Waals surface area contributed by atoms with E-state index in [-0.39, 0.29) is 29.7 Å². The number of benzene rings is 1. The molecular formula is C17H22N2O2. The number of para-hydroxylation sites is 1. The number of rotatable bonds is 3. The molecule has 21 heavy (non-hydrogen) atoms. The number of hydrogen-bond donors (Lipinski definition) is 1. The minimum atomic E-state index is -0.375. The third-order valence-electron chi connectivity index (χ3n) is 4.82. The third kappa shape index (κ3) is 2.60. The number of carbonyl (C=O) groups excluding carboxylic acids is 2. The molecule has 1 N–H and O–H groups in total. The van der Waals surface area contributed by atoms with Gasteiger partial charge in [0.25, 0.3) is 5.91 Å². The second kappa shape index (κ2) is 5.26. The van der Waals surface area contributed by atoms with E-state index in [0.717, 1.165) is 6.42 Å². The maximum absolute atomic E-state index is 12.6. The maximum atomic E-state index is 12.6. The van der Waals surface area contributed by atoms with Crippen LogP contribution in [-0.2, 0) is 9.59 Å². The van der Waals surface area contributed by atoms with Gasteiger partial charge in [-0.05, 0) is 30.4 Å². The zero-order valence-corrected chi connectivity index (χ0v) is 12.6. The van der Waals surface area contributed by atoms with E-state index in [1.807, 2.05) is 18.2 Å². The average molecular weight is 286 g/mol. The lowest BCUT2D eigenvalue weighted by Crippen LogP contribution is -2.47. The van der Waals surface area contributed by atoms with E-state index >= 15 is 0 Å². The summed E-state index contributed by atoms with van der Waals surface area (Å²) in [5, 5.41) is 3.44. The van der Waals surface area contributed by atoms with Crippen LogP contribution in [0.15, 0.2) is 30.3 Å². The summed E-state index contributed by atoms with van der Waals surface area (Å²) in [7, 11) is 0. The number of nitrogens with one attached hydrogen (secondary N) is 1. The van der Waals surface area contributed by atoms with Gasteiger partial charge in [0.1, 0.15) is 0 Å². The minimum absolute atomic E-state index is 0.112. The fourth-order valence-corrected chi connectivity index (χ4v) is 3.49. The van der Waals surface area contributed by atoms with Crippen LogP contribution in [0, 0.1) is 5.41 Å². The molecule has 1 aromatic rings. The number of imide groups is 1. The maximum Gasteiger partial charge on any atom is 0.251 e. The van der Waals surface area contributed by atoms with Crippen molar-refractivity contribution in [2.24, 2.45) is 5.41 Å². The van der Waals surface area contributed by atoms with Crippen LogP contribution in [-0.4, -0.2) is 23.9 Å². The molecule has 1 saturated heterocycles. The molecule has 0 spiro atoms. The molecule has 3 rings (SSSR count). The number of anilines is 1. The van der Waals surface area contributed by atoms with Crippen molar-refractivity contribution in [1.82, 2.24) is 5.32 Å². The quantitative estimate of drug-likeness (QED) is 0.869. The Hall–Kier alpha value is -1.68. The normalized spacial score (nSPS) is 28.4. The summed E-state index contributed by atoms with van der Waals surface area (Å²) >= 11 is 0. The molecule has 4 nitrogen and oxygen atoms in total. The highest BCUT2D eigenvalue weighted by Gasteiger charge is 2.43. The molecule has 1 aromatic carbocycles. The summed E-state index contributed by atoms with van der Waals surface area (Å²) in [6, 6.07) is 9.11. The number of amides is 2. The fourth-order valence-electron chi connectivity index (χ4n) is 3.49. The van der Waals surface area contributed by atoms with E-state index in [9.17, 15) is 9.59 Å². The Labute approximate surface area is 125 Å². The second-order valence-electron chi connectivity index (χ2n) is 6.76. The Bertz CT molecular complexity index is 553. The lowest BCUT2D eigenvalue weighted by Gasteiger charge is -2.30. The predicted octanol–water partition coefficient (Wildman–Crippen LogP) is 2.49. The molecule has 4 heteroatoms. The zero-order chi connectivity index (χ0) is 15.0. The average Bonchev–Trinajstić information content (AvgIpc) is 2.92. The highest BCUT2D eigenvalue weighted by atomic mass is 16.2. The molecule has 1 saturated carbocycles. The first-order valence-electron chi connectivity index (χ1n) is 7.67. The molecule has 0 bridgehead atoms. The van der Waals surface area contributed by atoms with Crippen molar-refractivity contribution in [2.45, 2.75) is 51.6 Å². The van der Waals surface area contributed by atoms with Crippen LogP contribution in [0.3, 0.4) is 0 Å². The van der Waals surface area contributed by atoms with Crippen LogP contribution >= 0.6 is 0 Å². The molecule has 2 aliphatic rings. The van der Waals surface area contributed by atoms with E-state index in [1.165, 1.54) is 17.7 Å². The van der Waals surface area contributed by atoms with Gasteiger partial charge in [-0.2, -0.15) is 0 Å². The SMILES string of the molecule is CC1(C)CCCC1NC1CC(=O)N(c2ccccc2)C1=O. The Kier molecular flexibility index (Phi) is 3.57. The van der Waals surface area contributed by atoms with Crippen molar-refractivity contribution in [3.05, 3.63) is 30.3 Å². The van der Waals surface area contributed by atoms with Crippen LogP contribution in [0.1, 0.15) is 39.5 Å². The van der Waals surface area contributed by atoms with Crippen LogP contribution in [0.25, 0.3) is 0 Å². The summed E-state index contributed by atoms with van der Waals surface area (Å²) in [4.78, 5) is 26.1. The lowest BCUT2D eigenvalue weighted by atomic mass is 9.87. The number of carbonyl (C=O) groups is 2. The van der Waals surface area contributed by atoms with Crippen molar-refractivity contribution in [1.29, 1.82) is 0 Å². The highest BCUT2D eigenvalue weighted by Crippen LogP contribution is 2.38. The molecule has 1 aliphatic carbocycles. The Balaban J connectivity index is 1.75. The summed E-state index contributed by atoms with van der Waals surface area (Å²) < 4.78 is 0. The van der Waals surface area contributed by atoms with Crippen molar-refractivity contribution in [3.63, 3.8) is 0 Å². The van der Waals surface area contributed by atoms with Crippen molar-refractivity contribution >= 4 is 17.5 Å². The van der Waals surface area contributed by atoms with E-state index in [2.05, 4.69) is 19.2 Å². The van der Waals surface area contributed by atoms with Gasteiger partial charge >= 0.3 is 0 Å². The molecule has 112 valence electrons. The fraction of sp³-hybridized carbons (Fsp3) is 0.529. The largest absolute Gasteiger partial charge is 0.302 e. The van der Waals surface area contributed by atoms with Crippen LogP contribution in [0.4, 0.5) is 5.69 Å². The highest BCUT2D eigenvalue weighted by molar-refractivity contribution is 6.22. The molecule has 0 aromatic heterocycles. The van der Waals surface area contributed by atoms with Gasteiger partial charge in [-0.15, -0.1) is 0 Å². The first kappa shape index (κ1) is 14.3. The van der Waals surface area contributed by atoms with Crippen molar-refractivity contribution < 1.29 is 9.59 Å². The summed E-state index contributed by atoms with van der Waals surface area (Å²) in [6.07, 6.45) is 3.69. The molecular weight excluding hydrogens is 264 g/mol. The molecule has 2 unspecified atom stereocenters. The van der Waals surface area contributed by atoms with Gasteiger partial charge in [0.15, 0.2) is 0 Å². The van der Waals surface area contributed by atoms with Crippen LogP contribution < -0.4 is 10.2 Å². The van der Waals surface area contributed by atoms with Gasteiger partial charge in [0, 0.05) is 6.04 Å². The first-order chi connectivity index (χ1) is 9.99. The summed E-state index contributed by atoms with van der Waals surface area (Å²) in [6.45, 7) is 4.46. The molecule has 2 amide bonds. The summed E-state index contributed by atoms with van der Waals surface area (Å²) in [5.41, 5.74) is 0.867. The predicted molar refractivity (Wildman–Crippen MR) is 81.9 cm³/mol. The second-order valence-corrected chi connectivity index (χ2v) is 6.76. The topological polar surface area (TPSA) is 49.4 Å². The van der Waals surface area contributed by atoms with Gasteiger partial charge < -0.3 is 5.32 Å². The summed E-state index contributed by atoms with van der Waals surface area (Å²) in [5.74, 6) is -0.228. The van der Waals surface area contributed by atoms with Gasteiger partial charge in [-0.25, -0.2) is 4.90 Å². The smallest absolute Gasteiger partial charge is 0.251 e. The van der Waals surface area contributed by atoms with Crippen LogP contribution in [0.5, 0.6) is 0 Å². The monoisotopic (exact) mass is 286 g/mol. The minimum Gasteiger partial charge on any atom is -0.302 e. The van der Waals surface area contributed by atoms with Crippen LogP contribution in [0.2, 0.25) is 0 Å². The Morgan fingerprint density at radius 1 is 1.19 bits per heavy atom. The van der Waals surface area contributed by atoms with Gasteiger partial charge in [-0.1, -0.05) is 38.5 Å². The van der Waals surface area contributed by atoms with Crippen molar-refractivity contribution in [3.8, 4) is 0 Å². The first-order valence-corrected chi connectivity index (χ1v) is 7.67. The van der Waals surface area contributed by atoms with Crippen molar-refractivity contribution in [2.75, 3.05) is 4.90 Å². The van der Waals surface area contributed by atoms with E-state index < -0.39 is 0 Å².